The van der Waals surface area contributed by atoms with Gasteiger partial charge in [0.15, 0.2) is 5.75 Å². The van der Waals surface area contributed by atoms with Crippen molar-refractivity contribution in [2.45, 2.75) is 6.92 Å². The number of hydrogen-bond acceptors (Lipinski definition) is 5. The van der Waals surface area contributed by atoms with Gasteiger partial charge in [0.25, 0.3) is 5.91 Å². The van der Waals surface area contributed by atoms with E-state index in [1.807, 2.05) is 0 Å². The predicted molar refractivity (Wildman–Crippen MR) is 96.6 cm³/mol. The third-order valence-corrected chi connectivity index (χ3v) is 4.17. The van der Waals surface area contributed by atoms with Crippen molar-refractivity contribution < 1.29 is 19.6 Å². The van der Waals surface area contributed by atoms with Crippen LogP contribution in [0.1, 0.15) is 18.1 Å². The topological polar surface area (TPSA) is 102 Å². The molecular formula is C17H13BrN2O5. The standard InChI is InChI=1S/C17H13BrN2O5/c1-2-25-16-14(21)6-3-9(15(16)20(23)24)7-12-11-8-10(18)4-5-13(11)19-17(12)22/h3-8,21H,2H2,1H3,(H,19,22). The maximum Gasteiger partial charge on any atom is 0.322 e. The first kappa shape index (κ1) is 17.0. The van der Waals surface area contributed by atoms with Crippen LogP contribution in [0.3, 0.4) is 0 Å². The minimum Gasteiger partial charge on any atom is -0.504 e. The Hall–Kier alpha value is -2.87. The number of rotatable bonds is 4. The van der Waals surface area contributed by atoms with E-state index in [-0.39, 0.29) is 35.3 Å². The number of aromatic hydroxyl groups is 1. The zero-order valence-electron chi connectivity index (χ0n) is 13.1. The number of amides is 1. The molecule has 0 atom stereocenters. The van der Waals surface area contributed by atoms with Crippen molar-refractivity contribution in [3.8, 4) is 11.5 Å². The molecule has 0 unspecified atom stereocenters. The number of hydrogen-bond donors (Lipinski definition) is 2. The number of benzene rings is 2. The van der Waals surface area contributed by atoms with Crippen LogP contribution in [0.4, 0.5) is 11.4 Å². The summed E-state index contributed by atoms with van der Waals surface area (Å²) < 4.78 is 6.00. The summed E-state index contributed by atoms with van der Waals surface area (Å²) >= 11 is 3.35. The van der Waals surface area contributed by atoms with E-state index in [9.17, 15) is 20.0 Å². The fraction of sp³-hybridized carbons (Fsp3) is 0.118. The molecule has 128 valence electrons. The zero-order valence-corrected chi connectivity index (χ0v) is 14.7. The van der Waals surface area contributed by atoms with Crippen LogP contribution < -0.4 is 10.1 Å². The average molecular weight is 405 g/mol. The number of nitrogens with one attached hydrogen (secondary N) is 1. The van der Waals surface area contributed by atoms with Crippen molar-refractivity contribution in [3.05, 3.63) is 56.0 Å². The van der Waals surface area contributed by atoms with E-state index in [0.29, 0.717) is 16.8 Å². The number of nitro benzene ring substituents is 1. The molecule has 0 saturated heterocycles. The smallest absolute Gasteiger partial charge is 0.322 e. The Balaban J connectivity index is 2.20. The molecule has 1 aliphatic rings. The Morgan fingerprint density at radius 1 is 1.36 bits per heavy atom. The molecule has 2 aromatic carbocycles. The van der Waals surface area contributed by atoms with Crippen molar-refractivity contribution >= 4 is 44.9 Å². The van der Waals surface area contributed by atoms with Crippen LogP contribution in [0.5, 0.6) is 11.5 Å². The highest BCUT2D eigenvalue weighted by atomic mass is 79.9. The van der Waals surface area contributed by atoms with Crippen molar-refractivity contribution in [3.63, 3.8) is 0 Å². The molecule has 8 heteroatoms. The fourth-order valence-electron chi connectivity index (χ4n) is 2.63. The van der Waals surface area contributed by atoms with Crippen molar-refractivity contribution in [1.82, 2.24) is 0 Å². The number of ether oxygens (including phenoxy) is 1. The van der Waals surface area contributed by atoms with Gasteiger partial charge in [0.1, 0.15) is 0 Å². The number of nitro groups is 1. The normalized spacial score (nSPS) is 14.3. The third-order valence-electron chi connectivity index (χ3n) is 3.68. The Morgan fingerprint density at radius 2 is 2.12 bits per heavy atom. The quantitative estimate of drug-likeness (QED) is 0.456. The highest BCUT2D eigenvalue weighted by Crippen LogP contribution is 2.42. The molecule has 0 radical (unpaired) electrons. The van der Waals surface area contributed by atoms with E-state index in [4.69, 9.17) is 4.74 Å². The number of carbonyl (C=O) groups excluding carboxylic acids is 1. The van der Waals surface area contributed by atoms with Gasteiger partial charge < -0.3 is 15.2 Å². The molecule has 0 aromatic heterocycles. The van der Waals surface area contributed by atoms with Crippen molar-refractivity contribution in [2.75, 3.05) is 11.9 Å². The summed E-state index contributed by atoms with van der Waals surface area (Å²) in [6.07, 6.45) is 1.42. The highest BCUT2D eigenvalue weighted by Gasteiger charge is 2.28. The number of halogens is 1. The molecule has 3 rings (SSSR count). The number of fused-ring (bicyclic) bond motifs is 1. The Labute approximate surface area is 151 Å². The van der Waals surface area contributed by atoms with Gasteiger partial charge in [0.2, 0.25) is 5.75 Å². The molecule has 0 aliphatic carbocycles. The summed E-state index contributed by atoms with van der Waals surface area (Å²) in [5, 5.41) is 24.1. The molecule has 1 amide bonds. The van der Waals surface area contributed by atoms with Crippen LogP contribution in [-0.4, -0.2) is 22.5 Å². The summed E-state index contributed by atoms with van der Waals surface area (Å²) in [5.41, 5.74) is 1.35. The van der Waals surface area contributed by atoms with Gasteiger partial charge in [-0.1, -0.05) is 15.9 Å². The highest BCUT2D eigenvalue weighted by molar-refractivity contribution is 9.10. The molecule has 0 bridgehead atoms. The second-order valence-corrected chi connectivity index (χ2v) is 6.16. The van der Waals surface area contributed by atoms with Crippen LogP contribution >= 0.6 is 15.9 Å². The van der Waals surface area contributed by atoms with Gasteiger partial charge in [-0.25, -0.2) is 0 Å². The molecule has 1 heterocycles. The molecule has 7 nitrogen and oxygen atoms in total. The largest absolute Gasteiger partial charge is 0.504 e. The SMILES string of the molecule is CCOc1c(O)ccc(C=C2C(=O)Nc3ccc(Br)cc32)c1[N+](=O)[O-]. The molecule has 0 spiro atoms. The number of phenols is 1. The lowest BCUT2D eigenvalue weighted by Crippen LogP contribution is -2.04. The second-order valence-electron chi connectivity index (χ2n) is 5.24. The maximum atomic E-state index is 12.3. The van der Waals surface area contributed by atoms with Crippen LogP contribution in [0.25, 0.3) is 11.6 Å². The lowest BCUT2D eigenvalue weighted by Gasteiger charge is -2.09. The van der Waals surface area contributed by atoms with E-state index < -0.39 is 4.92 Å². The predicted octanol–water partition coefficient (Wildman–Crippen LogP) is 3.95. The summed E-state index contributed by atoms with van der Waals surface area (Å²) in [5.74, 6) is -0.891. The average Bonchev–Trinajstić information content (AvgIpc) is 2.86. The van der Waals surface area contributed by atoms with Gasteiger partial charge in [0, 0.05) is 21.3 Å². The van der Waals surface area contributed by atoms with Crippen LogP contribution in [-0.2, 0) is 4.79 Å². The van der Waals surface area contributed by atoms with Crippen LogP contribution in [0, 0.1) is 10.1 Å². The first-order chi connectivity index (χ1) is 11.9. The third kappa shape index (κ3) is 3.08. The van der Waals surface area contributed by atoms with Gasteiger partial charge >= 0.3 is 5.69 Å². The molecule has 2 N–H and O–H groups in total. The first-order valence-corrected chi connectivity index (χ1v) is 8.17. The Morgan fingerprint density at radius 3 is 2.80 bits per heavy atom. The lowest BCUT2D eigenvalue weighted by molar-refractivity contribution is -0.386. The van der Waals surface area contributed by atoms with E-state index >= 15 is 0 Å². The second kappa shape index (κ2) is 6.56. The van der Waals surface area contributed by atoms with Gasteiger partial charge in [-0.15, -0.1) is 0 Å². The lowest BCUT2D eigenvalue weighted by atomic mass is 10.0. The molecule has 2 aromatic rings. The number of anilines is 1. The van der Waals surface area contributed by atoms with Crippen molar-refractivity contribution in [2.24, 2.45) is 0 Å². The van der Waals surface area contributed by atoms with E-state index in [0.717, 1.165) is 4.47 Å². The summed E-state index contributed by atoms with van der Waals surface area (Å²) in [6.45, 7) is 1.82. The van der Waals surface area contributed by atoms with Gasteiger partial charge in [-0.3, -0.25) is 14.9 Å². The van der Waals surface area contributed by atoms with Crippen LogP contribution in [0.15, 0.2) is 34.8 Å². The minimum absolute atomic E-state index is 0.157. The fourth-order valence-corrected chi connectivity index (χ4v) is 2.99. The first-order valence-electron chi connectivity index (χ1n) is 7.38. The molecule has 0 saturated carbocycles. The number of carbonyl (C=O) groups is 1. The summed E-state index contributed by atoms with van der Waals surface area (Å²) in [4.78, 5) is 23.1. The monoisotopic (exact) mass is 404 g/mol. The van der Waals surface area contributed by atoms with Gasteiger partial charge in [-0.05, 0) is 43.3 Å². The van der Waals surface area contributed by atoms with E-state index in [1.54, 1.807) is 25.1 Å². The maximum absolute atomic E-state index is 12.3. The Kier molecular flexibility index (Phi) is 4.45. The zero-order chi connectivity index (χ0) is 18.1. The minimum atomic E-state index is -0.633. The van der Waals surface area contributed by atoms with E-state index in [2.05, 4.69) is 21.2 Å². The van der Waals surface area contributed by atoms with Crippen LogP contribution in [0.2, 0.25) is 0 Å². The molecule has 1 aliphatic heterocycles. The molecule has 25 heavy (non-hydrogen) atoms. The van der Waals surface area contributed by atoms with E-state index in [1.165, 1.54) is 18.2 Å². The number of phenolic OH excluding ortho intramolecular Hbond substituents is 1. The summed E-state index contributed by atoms with van der Waals surface area (Å²) in [6, 6.07) is 7.98. The van der Waals surface area contributed by atoms with Gasteiger partial charge in [0.05, 0.1) is 17.1 Å². The number of nitrogens with zero attached hydrogens (tertiary/aromatic N) is 1. The summed E-state index contributed by atoms with van der Waals surface area (Å²) in [7, 11) is 0. The molecular weight excluding hydrogens is 392 g/mol. The Bertz CT molecular complexity index is 923. The van der Waals surface area contributed by atoms with Crippen molar-refractivity contribution in [1.29, 1.82) is 0 Å². The molecule has 0 fully saturated rings. The van der Waals surface area contributed by atoms with Gasteiger partial charge in [-0.2, -0.15) is 0 Å².